The number of carbonyl (C=O) groups is 2. The van der Waals surface area contributed by atoms with E-state index in [0.29, 0.717) is 24.3 Å². The Bertz CT molecular complexity index is 1400. The summed E-state index contributed by atoms with van der Waals surface area (Å²) in [5, 5.41) is 3.57. The van der Waals surface area contributed by atoms with Crippen molar-refractivity contribution in [3.63, 3.8) is 0 Å². The molecule has 3 aromatic carbocycles. The van der Waals surface area contributed by atoms with Gasteiger partial charge in [0.2, 0.25) is 0 Å². The van der Waals surface area contributed by atoms with Gasteiger partial charge in [0.1, 0.15) is 0 Å². The summed E-state index contributed by atoms with van der Waals surface area (Å²) in [6, 6.07) is 5.93. The van der Waals surface area contributed by atoms with Gasteiger partial charge in [0.25, 0.3) is 11.8 Å². The molecule has 0 heterocycles. The third-order valence-electron chi connectivity index (χ3n) is 5.03. The molecule has 6 N–H and O–H groups in total. The van der Waals surface area contributed by atoms with Crippen LogP contribution in [-0.4, -0.2) is 11.8 Å². The number of amides is 2. The van der Waals surface area contributed by atoms with Crippen LogP contribution < -0.4 is 22.1 Å². The van der Waals surface area contributed by atoms with Crippen molar-refractivity contribution in [3.8, 4) is 0 Å². The molecular formula is C23H15F9N4O2. The molecule has 0 atom stereocenters. The molecule has 0 bridgehead atoms. The van der Waals surface area contributed by atoms with Crippen molar-refractivity contribution >= 4 is 34.6 Å². The molecule has 202 valence electrons. The summed E-state index contributed by atoms with van der Waals surface area (Å²) in [4.78, 5) is 25.0. The zero-order valence-corrected chi connectivity index (χ0v) is 18.6. The van der Waals surface area contributed by atoms with Gasteiger partial charge in [-0.05, 0) is 54.6 Å². The Morgan fingerprint density at radius 1 is 0.553 bits per heavy atom. The van der Waals surface area contributed by atoms with E-state index >= 15 is 0 Å². The van der Waals surface area contributed by atoms with E-state index in [1.807, 2.05) is 5.32 Å². The molecular weight excluding hydrogens is 535 g/mol. The van der Waals surface area contributed by atoms with Gasteiger partial charge >= 0.3 is 18.5 Å². The Balaban J connectivity index is 1.97. The summed E-state index contributed by atoms with van der Waals surface area (Å²) in [6.07, 6.45) is -15.2. The van der Waals surface area contributed by atoms with E-state index in [4.69, 9.17) is 11.5 Å². The molecule has 3 aromatic rings. The van der Waals surface area contributed by atoms with Gasteiger partial charge in [-0.25, -0.2) is 0 Å². The number of nitrogens with two attached hydrogens (primary N) is 2. The van der Waals surface area contributed by atoms with Crippen molar-refractivity contribution in [2.45, 2.75) is 18.5 Å². The lowest BCUT2D eigenvalue weighted by Crippen LogP contribution is -2.22. The number of rotatable bonds is 4. The number of anilines is 4. The van der Waals surface area contributed by atoms with Gasteiger partial charge in [0, 0.05) is 16.9 Å². The second kappa shape index (κ2) is 9.79. The lowest BCUT2D eigenvalue weighted by atomic mass is 10.0. The molecule has 6 nitrogen and oxygen atoms in total. The average Bonchev–Trinajstić information content (AvgIpc) is 2.78. The predicted molar refractivity (Wildman–Crippen MR) is 119 cm³/mol. The zero-order chi connectivity index (χ0) is 28.6. The van der Waals surface area contributed by atoms with Gasteiger partial charge in [-0.1, -0.05) is 0 Å². The Kier molecular flexibility index (Phi) is 7.25. The van der Waals surface area contributed by atoms with Crippen molar-refractivity contribution in [1.82, 2.24) is 0 Å². The van der Waals surface area contributed by atoms with E-state index < -0.39 is 69.5 Å². The highest BCUT2D eigenvalue weighted by Gasteiger charge is 2.38. The second-order valence-corrected chi connectivity index (χ2v) is 7.77. The van der Waals surface area contributed by atoms with Gasteiger partial charge in [0.15, 0.2) is 0 Å². The van der Waals surface area contributed by atoms with E-state index in [0.717, 1.165) is 24.3 Å². The first kappa shape index (κ1) is 28.1. The maximum Gasteiger partial charge on any atom is 0.418 e. The number of halogens is 9. The number of nitrogens with one attached hydrogen (secondary N) is 2. The summed E-state index contributed by atoms with van der Waals surface area (Å²) in [5.74, 6) is -2.93. The van der Waals surface area contributed by atoms with Crippen molar-refractivity contribution < 1.29 is 49.1 Å². The number of hydrogen-bond donors (Lipinski definition) is 4. The van der Waals surface area contributed by atoms with Crippen LogP contribution in [0.1, 0.15) is 37.4 Å². The van der Waals surface area contributed by atoms with Crippen LogP contribution in [-0.2, 0) is 18.5 Å². The molecule has 0 unspecified atom stereocenters. The summed E-state index contributed by atoms with van der Waals surface area (Å²) >= 11 is 0. The lowest BCUT2D eigenvalue weighted by Gasteiger charge is -2.18. The molecule has 0 fully saturated rings. The highest BCUT2D eigenvalue weighted by atomic mass is 19.4. The fourth-order valence-electron chi connectivity index (χ4n) is 3.31. The topological polar surface area (TPSA) is 110 Å². The van der Waals surface area contributed by atoms with Crippen molar-refractivity contribution in [2.75, 3.05) is 22.1 Å². The average molecular weight is 550 g/mol. The first-order chi connectivity index (χ1) is 17.4. The molecule has 0 aliphatic rings. The highest BCUT2D eigenvalue weighted by molar-refractivity contribution is 6.08. The molecule has 0 saturated carbocycles. The van der Waals surface area contributed by atoms with Crippen molar-refractivity contribution in [3.05, 3.63) is 82.4 Å². The second-order valence-electron chi connectivity index (χ2n) is 7.77. The van der Waals surface area contributed by atoms with Crippen molar-refractivity contribution in [2.24, 2.45) is 0 Å². The van der Waals surface area contributed by atoms with Gasteiger partial charge < -0.3 is 22.1 Å². The Labute approximate surface area is 207 Å². The number of hydrogen-bond acceptors (Lipinski definition) is 4. The Hall–Kier alpha value is -4.43. The monoisotopic (exact) mass is 550 g/mol. The minimum atomic E-state index is -5.23. The molecule has 0 aliphatic heterocycles. The van der Waals surface area contributed by atoms with E-state index in [2.05, 4.69) is 0 Å². The summed E-state index contributed by atoms with van der Waals surface area (Å²) in [5.41, 5.74) is 1.94. The molecule has 0 spiro atoms. The zero-order valence-electron chi connectivity index (χ0n) is 18.6. The van der Waals surface area contributed by atoms with Crippen LogP contribution in [0, 0.1) is 0 Å². The standard InChI is InChI=1S/C23H15F9N4O2/c24-21(25,26)14-8-11(33)2-4-13(14)20(38)36-17-5-1-10(7-15(17)22(27,28)29)19(37)35-18-6-3-12(34)9-16(18)23(30,31)32/h1-9H,33-34H2,(H,35,37)(H,36,38). The normalized spacial score (nSPS) is 12.2. The third kappa shape index (κ3) is 6.27. The van der Waals surface area contributed by atoms with Crippen molar-refractivity contribution in [1.29, 1.82) is 0 Å². The van der Waals surface area contributed by atoms with Crippen LogP contribution in [0.25, 0.3) is 0 Å². The minimum absolute atomic E-state index is 0.225. The van der Waals surface area contributed by atoms with Gasteiger partial charge in [-0.15, -0.1) is 0 Å². The van der Waals surface area contributed by atoms with Crippen LogP contribution in [0.4, 0.5) is 62.3 Å². The minimum Gasteiger partial charge on any atom is -0.399 e. The molecule has 0 aliphatic carbocycles. The van der Waals surface area contributed by atoms with Gasteiger partial charge in [0.05, 0.1) is 33.6 Å². The highest BCUT2D eigenvalue weighted by Crippen LogP contribution is 2.39. The summed E-state index contributed by atoms with van der Waals surface area (Å²) in [6.45, 7) is 0. The number of alkyl halides is 9. The fraction of sp³-hybridized carbons (Fsp3) is 0.130. The lowest BCUT2D eigenvalue weighted by molar-refractivity contribution is -0.138. The summed E-state index contributed by atoms with van der Waals surface area (Å²) < 4.78 is 121. The first-order valence-corrected chi connectivity index (χ1v) is 10.2. The molecule has 0 aromatic heterocycles. The SMILES string of the molecule is Nc1ccc(NC(=O)c2ccc(NC(=O)c3ccc(N)cc3C(F)(F)F)c(C(F)(F)F)c2)c(C(F)(F)F)c1. The van der Waals surface area contributed by atoms with Crippen LogP contribution >= 0.6 is 0 Å². The summed E-state index contributed by atoms with van der Waals surface area (Å²) in [7, 11) is 0. The molecule has 0 saturated heterocycles. The predicted octanol–water partition coefficient (Wildman–Crippen LogP) is 6.41. The van der Waals surface area contributed by atoms with E-state index in [1.54, 1.807) is 5.32 Å². The molecule has 2 amide bonds. The number of benzene rings is 3. The Morgan fingerprint density at radius 3 is 1.50 bits per heavy atom. The largest absolute Gasteiger partial charge is 0.418 e. The molecule has 0 radical (unpaired) electrons. The van der Waals surface area contributed by atoms with E-state index in [1.165, 1.54) is 0 Å². The first-order valence-electron chi connectivity index (χ1n) is 10.2. The Morgan fingerprint density at radius 2 is 0.974 bits per heavy atom. The molecule has 3 rings (SSSR count). The van der Waals surface area contributed by atoms with Crippen LogP contribution in [0.15, 0.2) is 54.6 Å². The maximum atomic E-state index is 13.7. The van der Waals surface area contributed by atoms with E-state index in [-0.39, 0.29) is 17.4 Å². The van der Waals surface area contributed by atoms with Crippen LogP contribution in [0.3, 0.4) is 0 Å². The number of nitrogen functional groups attached to an aromatic ring is 2. The molecule has 38 heavy (non-hydrogen) atoms. The third-order valence-corrected chi connectivity index (χ3v) is 5.03. The van der Waals surface area contributed by atoms with E-state index in [9.17, 15) is 49.1 Å². The maximum absolute atomic E-state index is 13.7. The quantitative estimate of drug-likeness (QED) is 0.222. The smallest absolute Gasteiger partial charge is 0.399 e. The fourth-order valence-corrected chi connectivity index (χ4v) is 3.31. The van der Waals surface area contributed by atoms with Gasteiger partial charge in [-0.3, -0.25) is 9.59 Å². The molecule has 15 heteroatoms. The number of carbonyl (C=O) groups excluding carboxylic acids is 2. The van der Waals surface area contributed by atoms with Crippen LogP contribution in [0.5, 0.6) is 0 Å². The van der Waals surface area contributed by atoms with Gasteiger partial charge in [-0.2, -0.15) is 39.5 Å². The van der Waals surface area contributed by atoms with Crippen LogP contribution in [0.2, 0.25) is 0 Å².